The van der Waals surface area contributed by atoms with Gasteiger partial charge in [-0.1, -0.05) is 12.1 Å². The van der Waals surface area contributed by atoms with E-state index in [0.29, 0.717) is 12.4 Å². The van der Waals surface area contributed by atoms with Crippen molar-refractivity contribution in [3.63, 3.8) is 0 Å². The van der Waals surface area contributed by atoms with Crippen molar-refractivity contribution in [2.24, 2.45) is 0 Å². The van der Waals surface area contributed by atoms with Crippen molar-refractivity contribution in [2.45, 2.75) is 6.54 Å². The van der Waals surface area contributed by atoms with Gasteiger partial charge >= 0.3 is 0 Å². The first-order chi connectivity index (χ1) is 8.28. The maximum Gasteiger partial charge on any atom is 0.213 e. The number of nitrogens with zero attached hydrogens (tertiary/aromatic N) is 1. The van der Waals surface area contributed by atoms with Crippen molar-refractivity contribution in [2.75, 3.05) is 12.4 Å². The van der Waals surface area contributed by atoms with E-state index in [1.807, 2.05) is 18.2 Å². The maximum atomic E-state index is 9.16. The van der Waals surface area contributed by atoms with Crippen LogP contribution >= 0.6 is 0 Å². The van der Waals surface area contributed by atoms with Gasteiger partial charge < -0.3 is 15.2 Å². The van der Waals surface area contributed by atoms with Gasteiger partial charge in [0.1, 0.15) is 5.75 Å². The normalized spacial score (nSPS) is 9.94. The minimum Gasteiger partial charge on any atom is -0.508 e. The fourth-order valence-electron chi connectivity index (χ4n) is 1.42. The Kier molecular flexibility index (Phi) is 3.45. The van der Waals surface area contributed by atoms with Crippen molar-refractivity contribution >= 4 is 5.69 Å². The van der Waals surface area contributed by atoms with Gasteiger partial charge in [-0.2, -0.15) is 0 Å². The van der Waals surface area contributed by atoms with Gasteiger partial charge in [-0.25, -0.2) is 4.98 Å². The minimum atomic E-state index is 0.278. The third-order valence-electron chi connectivity index (χ3n) is 2.38. The molecule has 4 heteroatoms. The van der Waals surface area contributed by atoms with Gasteiger partial charge in [0.15, 0.2) is 0 Å². The first kappa shape index (κ1) is 11.3. The number of pyridine rings is 1. The molecule has 88 valence electrons. The summed E-state index contributed by atoms with van der Waals surface area (Å²) in [5.41, 5.74) is 2.03. The van der Waals surface area contributed by atoms with Gasteiger partial charge in [0, 0.05) is 12.6 Å². The van der Waals surface area contributed by atoms with Crippen LogP contribution in [0.1, 0.15) is 5.56 Å². The highest BCUT2D eigenvalue weighted by molar-refractivity contribution is 5.43. The van der Waals surface area contributed by atoms with E-state index in [0.717, 1.165) is 11.3 Å². The number of aromatic nitrogens is 1. The topological polar surface area (TPSA) is 54.4 Å². The van der Waals surface area contributed by atoms with Crippen LogP contribution in [0.3, 0.4) is 0 Å². The van der Waals surface area contributed by atoms with Gasteiger partial charge in [0.2, 0.25) is 5.88 Å². The monoisotopic (exact) mass is 230 g/mol. The third-order valence-corrected chi connectivity index (χ3v) is 2.38. The average molecular weight is 230 g/mol. The average Bonchev–Trinajstić information content (AvgIpc) is 2.39. The Morgan fingerprint density at radius 2 is 1.94 bits per heavy atom. The quantitative estimate of drug-likeness (QED) is 0.846. The number of ether oxygens (including phenoxy) is 1. The number of phenolic OH excluding ortho intramolecular Hbond substituents is 1. The molecule has 0 amide bonds. The van der Waals surface area contributed by atoms with Crippen LogP contribution in [0.25, 0.3) is 0 Å². The van der Waals surface area contributed by atoms with E-state index in [2.05, 4.69) is 10.3 Å². The molecular formula is C13H14N2O2. The Morgan fingerprint density at radius 1 is 1.18 bits per heavy atom. The van der Waals surface area contributed by atoms with Gasteiger partial charge in [-0.15, -0.1) is 0 Å². The first-order valence-corrected chi connectivity index (χ1v) is 5.30. The molecule has 0 aliphatic heterocycles. The molecule has 1 aromatic heterocycles. The number of phenols is 1. The molecule has 4 nitrogen and oxygen atoms in total. The first-order valence-electron chi connectivity index (χ1n) is 5.30. The van der Waals surface area contributed by atoms with Crippen LogP contribution in [0, 0.1) is 0 Å². The Bertz CT molecular complexity index is 466. The van der Waals surface area contributed by atoms with E-state index in [1.54, 1.807) is 31.5 Å². The maximum absolute atomic E-state index is 9.16. The summed E-state index contributed by atoms with van der Waals surface area (Å²) in [5.74, 6) is 0.875. The number of nitrogens with one attached hydrogen (secondary N) is 1. The molecular weight excluding hydrogens is 216 g/mol. The van der Waals surface area contributed by atoms with E-state index in [4.69, 9.17) is 9.84 Å². The second kappa shape index (κ2) is 5.21. The Balaban J connectivity index is 1.95. The highest BCUT2D eigenvalue weighted by Crippen LogP contribution is 2.14. The zero-order valence-electron chi connectivity index (χ0n) is 9.55. The van der Waals surface area contributed by atoms with Crippen molar-refractivity contribution in [1.82, 2.24) is 4.98 Å². The Hall–Kier alpha value is -2.23. The Morgan fingerprint density at radius 3 is 2.53 bits per heavy atom. The van der Waals surface area contributed by atoms with E-state index in [9.17, 15) is 0 Å². The summed E-state index contributed by atoms with van der Waals surface area (Å²) < 4.78 is 4.98. The highest BCUT2D eigenvalue weighted by Gasteiger charge is 1.96. The number of benzene rings is 1. The number of aromatic hydroxyl groups is 1. The molecule has 0 spiro atoms. The smallest absolute Gasteiger partial charge is 0.213 e. The molecule has 0 radical (unpaired) electrons. The number of hydrogen-bond acceptors (Lipinski definition) is 4. The second-order valence-electron chi connectivity index (χ2n) is 3.61. The lowest BCUT2D eigenvalue weighted by atomic mass is 10.2. The summed E-state index contributed by atoms with van der Waals surface area (Å²) in [5, 5.41) is 12.4. The van der Waals surface area contributed by atoms with Crippen LogP contribution in [0.15, 0.2) is 42.6 Å². The van der Waals surface area contributed by atoms with Crippen LogP contribution in [0.4, 0.5) is 5.69 Å². The number of rotatable bonds is 4. The summed E-state index contributed by atoms with van der Waals surface area (Å²) in [6, 6.07) is 10.8. The van der Waals surface area contributed by atoms with E-state index >= 15 is 0 Å². The summed E-state index contributed by atoms with van der Waals surface area (Å²) >= 11 is 0. The molecule has 2 aromatic rings. The molecule has 2 rings (SSSR count). The SMILES string of the molecule is COc1ccc(NCc2ccc(O)cc2)cn1. The van der Waals surface area contributed by atoms with Gasteiger partial charge in [0.25, 0.3) is 0 Å². The molecule has 1 heterocycles. The van der Waals surface area contributed by atoms with E-state index < -0.39 is 0 Å². The lowest BCUT2D eigenvalue weighted by Crippen LogP contribution is -1.99. The number of anilines is 1. The molecule has 0 aliphatic rings. The lowest BCUT2D eigenvalue weighted by Gasteiger charge is -2.06. The zero-order valence-corrected chi connectivity index (χ0v) is 9.55. The molecule has 0 saturated carbocycles. The molecule has 0 bridgehead atoms. The predicted octanol–water partition coefficient (Wildman–Crippen LogP) is 2.41. The molecule has 2 N–H and O–H groups in total. The zero-order chi connectivity index (χ0) is 12.1. The van der Waals surface area contributed by atoms with Crippen LogP contribution in [0.5, 0.6) is 11.6 Å². The Labute approximate surface area is 99.9 Å². The van der Waals surface area contributed by atoms with Gasteiger partial charge in [-0.3, -0.25) is 0 Å². The van der Waals surface area contributed by atoms with Crippen molar-refractivity contribution in [3.05, 3.63) is 48.2 Å². The summed E-state index contributed by atoms with van der Waals surface area (Å²) in [6.07, 6.45) is 1.72. The molecule has 0 fully saturated rings. The van der Waals surface area contributed by atoms with Crippen LogP contribution < -0.4 is 10.1 Å². The molecule has 0 atom stereocenters. The minimum absolute atomic E-state index is 0.278. The largest absolute Gasteiger partial charge is 0.508 e. The standard InChI is InChI=1S/C13H14N2O2/c1-17-13-7-4-11(9-15-13)14-8-10-2-5-12(16)6-3-10/h2-7,9,14,16H,8H2,1H3. The van der Waals surface area contributed by atoms with E-state index in [-0.39, 0.29) is 5.75 Å². The summed E-state index contributed by atoms with van der Waals surface area (Å²) in [6.45, 7) is 0.689. The molecule has 1 aromatic carbocycles. The van der Waals surface area contributed by atoms with Gasteiger partial charge in [-0.05, 0) is 23.8 Å². The van der Waals surface area contributed by atoms with Gasteiger partial charge in [0.05, 0.1) is 19.0 Å². The number of hydrogen-bond donors (Lipinski definition) is 2. The van der Waals surface area contributed by atoms with Crippen molar-refractivity contribution in [1.29, 1.82) is 0 Å². The molecule has 0 saturated heterocycles. The predicted molar refractivity (Wildman–Crippen MR) is 66.2 cm³/mol. The fourth-order valence-corrected chi connectivity index (χ4v) is 1.42. The molecule has 17 heavy (non-hydrogen) atoms. The lowest BCUT2D eigenvalue weighted by molar-refractivity contribution is 0.398. The van der Waals surface area contributed by atoms with Crippen LogP contribution in [0.2, 0.25) is 0 Å². The van der Waals surface area contributed by atoms with Crippen LogP contribution in [-0.4, -0.2) is 17.2 Å². The van der Waals surface area contributed by atoms with E-state index in [1.165, 1.54) is 0 Å². The van der Waals surface area contributed by atoms with Crippen LogP contribution in [-0.2, 0) is 6.54 Å². The summed E-state index contributed by atoms with van der Waals surface area (Å²) in [4.78, 5) is 4.10. The third kappa shape index (κ3) is 3.11. The molecule has 0 unspecified atom stereocenters. The fraction of sp³-hybridized carbons (Fsp3) is 0.154. The van der Waals surface area contributed by atoms with Crippen molar-refractivity contribution in [3.8, 4) is 11.6 Å². The molecule has 0 aliphatic carbocycles. The second-order valence-corrected chi connectivity index (χ2v) is 3.61. The number of methoxy groups -OCH3 is 1. The van der Waals surface area contributed by atoms with Crippen molar-refractivity contribution < 1.29 is 9.84 Å². The summed E-state index contributed by atoms with van der Waals surface area (Å²) in [7, 11) is 1.59. The highest BCUT2D eigenvalue weighted by atomic mass is 16.5.